The summed E-state index contributed by atoms with van der Waals surface area (Å²) in [5.74, 6) is 2.08. The molecule has 0 fully saturated rings. The highest BCUT2D eigenvalue weighted by molar-refractivity contribution is 5.63. The summed E-state index contributed by atoms with van der Waals surface area (Å²) in [6, 6.07) is 5.66. The minimum absolute atomic E-state index is 0.488. The predicted octanol–water partition coefficient (Wildman–Crippen LogP) is 2.45. The van der Waals surface area contributed by atoms with Crippen LogP contribution in [0.25, 0.3) is 0 Å². The van der Waals surface area contributed by atoms with Gasteiger partial charge in [0.15, 0.2) is 0 Å². The van der Waals surface area contributed by atoms with Crippen molar-refractivity contribution in [2.75, 3.05) is 21.3 Å². The Morgan fingerprint density at radius 1 is 0.567 bits per heavy atom. The fraction of sp³-hybridized carbons (Fsp3) is 0.286. The van der Waals surface area contributed by atoms with Gasteiger partial charge in [0, 0.05) is 37.2 Å². The Labute approximate surface area is 174 Å². The molecular formula is C21H24N6O3. The molecule has 0 aliphatic heterocycles. The van der Waals surface area contributed by atoms with Crippen molar-refractivity contribution in [1.82, 2.24) is 29.3 Å². The van der Waals surface area contributed by atoms with Crippen molar-refractivity contribution >= 4 is 0 Å². The van der Waals surface area contributed by atoms with E-state index in [1.54, 1.807) is 39.9 Å². The SMILES string of the molecule is COc1c(Cn2cccn2)c(OC)c(Cn2cccn2)c(OC)c1Cn1cccn1. The average Bonchev–Trinajstić information content (AvgIpc) is 3.53. The zero-order chi connectivity index (χ0) is 20.9. The number of rotatable bonds is 9. The third kappa shape index (κ3) is 3.73. The van der Waals surface area contributed by atoms with Gasteiger partial charge in [-0.15, -0.1) is 0 Å². The maximum Gasteiger partial charge on any atom is 0.136 e. The fourth-order valence-corrected chi connectivity index (χ4v) is 3.69. The van der Waals surface area contributed by atoms with Crippen LogP contribution < -0.4 is 14.2 Å². The number of hydrogen-bond donors (Lipinski definition) is 0. The van der Waals surface area contributed by atoms with E-state index in [4.69, 9.17) is 14.2 Å². The van der Waals surface area contributed by atoms with Gasteiger partial charge < -0.3 is 14.2 Å². The first-order chi connectivity index (χ1) is 14.7. The summed E-state index contributed by atoms with van der Waals surface area (Å²) in [6.45, 7) is 1.46. The van der Waals surface area contributed by atoms with Crippen molar-refractivity contribution in [2.45, 2.75) is 19.6 Å². The van der Waals surface area contributed by atoms with Crippen LogP contribution in [0.4, 0.5) is 0 Å². The number of ether oxygens (including phenoxy) is 3. The first kappa shape index (κ1) is 19.6. The molecule has 0 saturated heterocycles. The molecule has 0 unspecified atom stereocenters. The van der Waals surface area contributed by atoms with Crippen molar-refractivity contribution in [2.24, 2.45) is 0 Å². The summed E-state index contributed by atoms with van der Waals surface area (Å²) in [7, 11) is 4.96. The summed E-state index contributed by atoms with van der Waals surface area (Å²) in [6.07, 6.45) is 11.0. The van der Waals surface area contributed by atoms with Crippen LogP contribution >= 0.6 is 0 Å². The molecule has 3 aromatic heterocycles. The third-order valence-corrected chi connectivity index (χ3v) is 4.89. The van der Waals surface area contributed by atoms with Crippen LogP contribution in [0.3, 0.4) is 0 Å². The van der Waals surface area contributed by atoms with E-state index in [2.05, 4.69) is 15.3 Å². The molecule has 0 radical (unpaired) electrons. The highest BCUT2D eigenvalue weighted by Crippen LogP contribution is 2.44. The molecule has 30 heavy (non-hydrogen) atoms. The van der Waals surface area contributed by atoms with Crippen LogP contribution in [-0.4, -0.2) is 50.7 Å². The van der Waals surface area contributed by atoms with Crippen molar-refractivity contribution in [3.8, 4) is 17.2 Å². The van der Waals surface area contributed by atoms with Gasteiger partial charge in [0.25, 0.3) is 0 Å². The zero-order valence-corrected chi connectivity index (χ0v) is 17.2. The molecule has 0 spiro atoms. The number of benzene rings is 1. The van der Waals surface area contributed by atoms with Gasteiger partial charge in [-0.1, -0.05) is 0 Å². The summed E-state index contributed by atoms with van der Waals surface area (Å²) in [4.78, 5) is 0. The highest BCUT2D eigenvalue weighted by Gasteiger charge is 2.27. The largest absolute Gasteiger partial charge is 0.496 e. The highest BCUT2D eigenvalue weighted by atomic mass is 16.5. The Balaban J connectivity index is 1.94. The predicted molar refractivity (Wildman–Crippen MR) is 110 cm³/mol. The molecule has 0 amide bonds. The summed E-state index contributed by atoms with van der Waals surface area (Å²) in [5.41, 5.74) is 2.65. The molecule has 4 aromatic rings. The van der Waals surface area contributed by atoms with Crippen molar-refractivity contribution in [1.29, 1.82) is 0 Å². The molecule has 9 heteroatoms. The Morgan fingerprint density at radius 2 is 0.867 bits per heavy atom. The second kappa shape index (κ2) is 8.73. The van der Waals surface area contributed by atoms with E-state index in [0.717, 1.165) is 16.7 Å². The van der Waals surface area contributed by atoms with Gasteiger partial charge in [0.2, 0.25) is 0 Å². The standard InChI is InChI=1S/C21H24N6O3/c1-28-19-16(13-25-10-4-7-22-25)20(29-2)18(15-27-12-6-9-24-27)21(30-3)17(19)14-26-11-5-8-23-26/h4-12H,13-15H2,1-3H3. The van der Waals surface area contributed by atoms with Gasteiger partial charge in [0.05, 0.1) is 57.7 Å². The fourth-order valence-electron chi connectivity index (χ4n) is 3.69. The zero-order valence-electron chi connectivity index (χ0n) is 17.2. The van der Waals surface area contributed by atoms with Crippen LogP contribution in [-0.2, 0) is 19.6 Å². The quantitative estimate of drug-likeness (QED) is 0.423. The van der Waals surface area contributed by atoms with Gasteiger partial charge in [-0.2, -0.15) is 15.3 Å². The van der Waals surface area contributed by atoms with Crippen LogP contribution in [0.5, 0.6) is 17.2 Å². The first-order valence-corrected chi connectivity index (χ1v) is 9.50. The average molecular weight is 408 g/mol. The summed E-state index contributed by atoms with van der Waals surface area (Å²) in [5, 5.41) is 13.1. The van der Waals surface area contributed by atoms with Gasteiger partial charge in [-0.3, -0.25) is 14.0 Å². The van der Waals surface area contributed by atoms with Crippen molar-refractivity contribution in [3.63, 3.8) is 0 Å². The maximum absolute atomic E-state index is 5.88. The summed E-state index contributed by atoms with van der Waals surface area (Å²) >= 11 is 0. The van der Waals surface area contributed by atoms with E-state index in [1.807, 2.05) is 50.8 Å². The molecule has 1 aromatic carbocycles. The molecule has 156 valence electrons. The summed E-state index contributed by atoms with van der Waals surface area (Å²) < 4.78 is 23.2. The number of aromatic nitrogens is 6. The second-order valence-electron chi connectivity index (χ2n) is 6.65. The number of methoxy groups -OCH3 is 3. The monoisotopic (exact) mass is 408 g/mol. The maximum atomic E-state index is 5.88. The lowest BCUT2D eigenvalue weighted by molar-refractivity contribution is 0.349. The van der Waals surface area contributed by atoms with Crippen molar-refractivity contribution in [3.05, 3.63) is 72.1 Å². The van der Waals surface area contributed by atoms with Crippen LogP contribution in [0.2, 0.25) is 0 Å². The molecular weight excluding hydrogens is 384 g/mol. The molecule has 0 aliphatic rings. The molecule has 9 nitrogen and oxygen atoms in total. The van der Waals surface area contributed by atoms with Crippen LogP contribution in [0, 0.1) is 0 Å². The van der Waals surface area contributed by atoms with E-state index in [9.17, 15) is 0 Å². The third-order valence-electron chi connectivity index (χ3n) is 4.89. The lowest BCUT2D eigenvalue weighted by atomic mass is 9.99. The number of nitrogens with zero attached hydrogens (tertiary/aromatic N) is 6. The topological polar surface area (TPSA) is 81.1 Å². The van der Waals surface area contributed by atoms with Gasteiger partial charge >= 0.3 is 0 Å². The van der Waals surface area contributed by atoms with Crippen LogP contribution in [0.1, 0.15) is 16.7 Å². The van der Waals surface area contributed by atoms with E-state index >= 15 is 0 Å². The van der Waals surface area contributed by atoms with E-state index in [0.29, 0.717) is 36.9 Å². The van der Waals surface area contributed by atoms with E-state index < -0.39 is 0 Å². The minimum Gasteiger partial charge on any atom is -0.496 e. The van der Waals surface area contributed by atoms with Gasteiger partial charge in [-0.25, -0.2) is 0 Å². The molecule has 4 rings (SSSR count). The first-order valence-electron chi connectivity index (χ1n) is 9.50. The smallest absolute Gasteiger partial charge is 0.136 e. The Bertz CT molecular complexity index is 913. The van der Waals surface area contributed by atoms with E-state index in [-0.39, 0.29) is 0 Å². The van der Waals surface area contributed by atoms with Crippen molar-refractivity contribution < 1.29 is 14.2 Å². The molecule has 3 heterocycles. The Morgan fingerprint density at radius 3 is 1.07 bits per heavy atom. The molecule has 0 bridgehead atoms. The molecule has 0 N–H and O–H groups in total. The normalized spacial score (nSPS) is 10.9. The molecule has 0 aliphatic carbocycles. The van der Waals surface area contributed by atoms with E-state index in [1.165, 1.54) is 0 Å². The van der Waals surface area contributed by atoms with Gasteiger partial charge in [0.1, 0.15) is 17.2 Å². The van der Waals surface area contributed by atoms with Gasteiger partial charge in [-0.05, 0) is 18.2 Å². The molecule has 0 atom stereocenters. The lowest BCUT2D eigenvalue weighted by Gasteiger charge is -2.24. The van der Waals surface area contributed by atoms with Crippen LogP contribution in [0.15, 0.2) is 55.4 Å². The number of hydrogen-bond acceptors (Lipinski definition) is 6. The Hall–Kier alpha value is -3.75. The molecule has 0 saturated carbocycles. The minimum atomic E-state index is 0.488. The second-order valence-corrected chi connectivity index (χ2v) is 6.65. The lowest BCUT2D eigenvalue weighted by Crippen LogP contribution is -2.14. The Kier molecular flexibility index (Phi) is 5.69.